The van der Waals surface area contributed by atoms with Crippen LogP contribution in [0.3, 0.4) is 0 Å². The summed E-state index contributed by atoms with van der Waals surface area (Å²) in [5.74, 6) is 0. The molecule has 0 atom stereocenters. The van der Waals surface area contributed by atoms with Gasteiger partial charge in [0.15, 0.2) is 0 Å². The first-order valence-corrected chi connectivity index (χ1v) is 7.08. The summed E-state index contributed by atoms with van der Waals surface area (Å²) < 4.78 is 0.890. The molecule has 21 heavy (non-hydrogen) atoms. The lowest BCUT2D eigenvalue weighted by atomic mass is 10.1. The number of anilines is 3. The van der Waals surface area contributed by atoms with Crippen LogP contribution >= 0.6 is 15.9 Å². The van der Waals surface area contributed by atoms with E-state index in [-0.39, 0.29) is 0 Å². The average Bonchev–Trinajstić information content (AvgIpc) is 2.50. The molecule has 0 saturated heterocycles. The summed E-state index contributed by atoms with van der Waals surface area (Å²) in [6.07, 6.45) is 1.62. The topological polar surface area (TPSA) is 74.7 Å². The summed E-state index contributed by atoms with van der Waals surface area (Å²) in [7, 11) is 0. The SMILES string of the molecule is N#Cc1ccc(Br)cc1Nc1c(N)cnc2ccccc12. The molecule has 0 bridgehead atoms. The van der Waals surface area contributed by atoms with Crippen molar-refractivity contribution in [2.75, 3.05) is 11.1 Å². The Kier molecular flexibility index (Phi) is 3.46. The van der Waals surface area contributed by atoms with Gasteiger partial charge >= 0.3 is 0 Å². The standard InChI is InChI=1S/C16H11BrN4/c17-11-6-5-10(8-18)15(7-11)21-16-12-3-1-2-4-14(12)20-9-13(16)19/h1-7,9H,19H2,(H,20,21). The fourth-order valence-corrected chi connectivity index (χ4v) is 2.51. The van der Waals surface area contributed by atoms with Crippen molar-refractivity contribution in [3.63, 3.8) is 0 Å². The van der Waals surface area contributed by atoms with Crippen molar-refractivity contribution in [1.29, 1.82) is 5.26 Å². The van der Waals surface area contributed by atoms with Gasteiger partial charge < -0.3 is 11.1 Å². The highest BCUT2D eigenvalue weighted by Gasteiger charge is 2.09. The predicted molar refractivity (Wildman–Crippen MR) is 88.3 cm³/mol. The van der Waals surface area contributed by atoms with Crippen LogP contribution in [0.15, 0.2) is 53.1 Å². The predicted octanol–water partition coefficient (Wildman–Crippen LogP) is 4.19. The molecule has 3 aromatic rings. The number of fused-ring (bicyclic) bond motifs is 1. The van der Waals surface area contributed by atoms with E-state index in [2.05, 4.69) is 32.3 Å². The first-order chi connectivity index (χ1) is 10.2. The zero-order chi connectivity index (χ0) is 14.8. The fraction of sp³-hybridized carbons (Fsp3) is 0. The number of hydrogen-bond donors (Lipinski definition) is 2. The number of nitrogens with one attached hydrogen (secondary N) is 1. The number of nitriles is 1. The van der Waals surface area contributed by atoms with Gasteiger partial charge in [0.25, 0.3) is 0 Å². The van der Waals surface area contributed by atoms with Crippen LogP contribution in [0.25, 0.3) is 10.9 Å². The molecule has 0 spiro atoms. The third-order valence-electron chi connectivity index (χ3n) is 3.17. The fourth-order valence-electron chi connectivity index (χ4n) is 2.15. The van der Waals surface area contributed by atoms with E-state index in [4.69, 9.17) is 5.73 Å². The number of rotatable bonds is 2. The van der Waals surface area contributed by atoms with Crippen LogP contribution in [0.1, 0.15) is 5.56 Å². The lowest BCUT2D eigenvalue weighted by Crippen LogP contribution is -2.00. The number of nitrogens with zero attached hydrogens (tertiary/aromatic N) is 2. The molecular formula is C16H11BrN4. The molecule has 0 aliphatic heterocycles. The highest BCUT2D eigenvalue weighted by Crippen LogP contribution is 2.32. The molecule has 0 saturated carbocycles. The van der Waals surface area contributed by atoms with E-state index in [9.17, 15) is 5.26 Å². The number of halogens is 1. The monoisotopic (exact) mass is 338 g/mol. The Morgan fingerprint density at radius 3 is 2.81 bits per heavy atom. The van der Waals surface area contributed by atoms with E-state index in [1.807, 2.05) is 36.4 Å². The summed E-state index contributed by atoms with van der Waals surface area (Å²) in [6, 6.07) is 15.3. The molecular weight excluding hydrogens is 328 g/mol. The highest BCUT2D eigenvalue weighted by atomic mass is 79.9. The number of hydrogen-bond acceptors (Lipinski definition) is 4. The van der Waals surface area contributed by atoms with Gasteiger partial charge in [-0.25, -0.2) is 0 Å². The van der Waals surface area contributed by atoms with Crippen LogP contribution in [0, 0.1) is 11.3 Å². The molecule has 1 aromatic heterocycles. The van der Waals surface area contributed by atoms with Gasteiger partial charge in [-0.2, -0.15) is 5.26 Å². The molecule has 0 radical (unpaired) electrons. The number of nitrogen functional groups attached to an aromatic ring is 1. The molecule has 3 rings (SSSR count). The molecule has 5 heteroatoms. The Hall–Kier alpha value is -2.58. The van der Waals surface area contributed by atoms with E-state index in [1.54, 1.807) is 12.3 Å². The van der Waals surface area contributed by atoms with Crippen LogP contribution in [-0.2, 0) is 0 Å². The van der Waals surface area contributed by atoms with Gasteiger partial charge in [0.1, 0.15) is 6.07 Å². The first-order valence-electron chi connectivity index (χ1n) is 6.29. The maximum Gasteiger partial charge on any atom is 0.101 e. The Balaban J connectivity index is 2.17. The van der Waals surface area contributed by atoms with Gasteiger partial charge in [-0.15, -0.1) is 0 Å². The van der Waals surface area contributed by atoms with E-state index >= 15 is 0 Å². The number of para-hydroxylation sites is 1. The van der Waals surface area contributed by atoms with Crippen LogP contribution in [0.2, 0.25) is 0 Å². The molecule has 0 amide bonds. The van der Waals surface area contributed by atoms with Crippen molar-refractivity contribution in [1.82, 2.24) is 4.98 Å². The van der Waals surface area contributed by atoms with Gasteiger partial charge in [0, 0.05) is 9.86 Å². The van der Waals surface area contributed by atoms with E-state index < -0.39 is 0 Å². The van der Waals surface area contributed by atoms with Gasteiger partial charge in [0.2, 0.25) is 0 Å². The molecule has 3 N–H and O–H groups in total. The summed E-state index contributed by atoms with van der Waals surface area (Å²) in [5, 5.41) is 13.4. The second-order valence-corrected chi connectivity index (χ2v) is 5.45. The van der Waals surface area contributed by atoms with Gasteiger partial charge in [0.05, 0.1) is 34.3 Å². The van der Waals surface area contributed by atoms with Crippen molar-refractivity contribution in [2.24, 2.45) is 0 Å². The largest absolute Gasteiger partial charge is 0.396 e. The average molecular weight is 339 g/mol. The molecule has 102 valence electrons. The van der Waals surface area contributed by atoms with Gasteiger partial charge in [-0.3, -0.25) is 4.98 Å². The van der Waals surface area contributed by atoms with Crippen LogP contribution in [0.4, 0.5) is 17.1 Å². The quantitative estimate of drug-likeness (QED) is 0.734. The number of benzene rings is 2. The van der Waals surface area contributed by atoms with Gasteiger partial charge in [-0.1, -0.05) is 34.1 Å². The number of pyridine rings is 1. The number of aromatic nitrogens is 1. The maximum atomic E-state index is 9.22. The molecule has 1 heterocycles. The van der Waals surface area contributed by atoms with Crippen molar-refractivity contribution >= 4 is 43.9 Å². The smallest absolute Gasteiger partial charge is 0.101 e. The molecule has 0 fully saturated rings. The molecule has 0 aliphatic rings. The Morgan fingerprint density at radius 2 is 2.00 bits per heavy atom. The lowest BCUT2D eigenvalue weighted by Gasteiger charge is -2.13. The minimum Gasteiger partial charge on any atom is -0.396 e. The van der Waals surface area contributed by atoms with Crippen LogP contribution < -0.4 is 11.1 Å². The zero-order valence-electron chi connectivity index (χ0n) is 11.0. The van der Waals surface area contributed by atoms with Crippen molar-refractivity contribution in [3.8, 4) is 6.07 Å². The normalized spacial score (nSPS) is 10.3. The van der Waals surface area contributed by atoms with E-state index in [0.717, 1.165) is 21.1 Å². The van der Waals surface area contributed by atoms with Crippen LogP contribution in [0.5, 0.6) is 0 Å². The van der Waals surface area contributed by atoms with Crippen molar-refractivity contribution in [2.45, 2.75) is 0 Å². The Bertz CT molecular complexity index is 868. The Morgan fingerprint density at radius 1 is 1.19 bits per heavy atom. The third kappa shape index (κ3) is 2.54. The lowest BCUT2D eigenvalue weighted by molar-refractivity contribution is 1.40. The maximum absolute atomic E-state index is 9.22. The Labute approximate surface area is 130 Å². The van der Waals surface area contributed by atoms with Gasteiger partial charge in [-0.05, 0) is 24.3 Å². The van der Waals surface area contributed by atoms with Crippen molar-refractivity contribution in [3.05, 3.63) is 58.7 Å². The number of nitrogens with two attached hydrogens (primary N) is 1. The van der Waals surface area contributed by atoms with E-state index in [1.165, 1.54) is 0 Å². The molecule has 4 nitrogen and oxygen atoms in total. The molecule has 0 aliphatic carbocycles. The minimum atomic E-state index is 0.539. The van der Waals surface area contributed by atoms with Crippen molar-refractivity contribution < 1.29 is 0 Å². The molecule has 0 unspecified atom stereocenters. The second kappa shape index (κ2) is 5.43. The van der Waals surface area contributed by atoms with E-state index in [0.29, 0.717) is 16.9 Å². The minimum absolute atomic E-state index is 0.539. The second-order valence-electron chi connectivity index (χ2n) is 4.53. The summed E-state index contributed by atoms with van der Waals surface area (Å²) >= 11 is 3.41. The third-order valence-corrected chi connectivity index (χ3v) is 3.66. The molecule has 2 aromatic carbocycles. The van der Waals surface area contributed by atoms with Crippen LogP contribution in [-0.4, -0.2) is 4.98 Å². The zero-order valence-corrected chi connectivity index (χ0v) is 12.6. The highest BCUT2D eigenvalue weighted by molar-refractivity contribution is 9.10. The summed E-state index contributed by atoms with van der Waals surface area (Å²) in [6.45, 7) is 0. The first kappa shape index (κ1) is 13.4. The summed E-state index contributed by atoms with van der Waals surface area (Å²) in [4.78, 5) is 4.30. The summed E-state index contributed by atoms with van der Waals surface area (Å²) in [5.41, 5.74) is 9.45.